The first-order valence-electron chi connectivity index (χ1n) is 4.31. The second kappa shape index (κ2) is 3.42. The minimum Gasteiger partial charge on any atom is -0.481 e. The number of thiazole rings is 1. The number of imidazole rings is 1. The molecule has 2 aromatic rings. The van der Waals surface area contributed by atoms with Crippen molar-refractivity contribution in [3.63, 3.8) is 0 Å². The van der Waals surface area contributed by atoms with Crippen molar-refractivity contribution in [3.8, 4) is 0 Å². The molecule has 2 rings (SSSR count). The number of carboxylic acid groups (broad SMARTS) is 1. The van der Waals surface area contributed by atoms with E-state index in [1.54, 1.807) is 17.5 Å². The van der Waals surface area contributed by atoms with Gasteiger partial charge in [0.15, 0.2) is 4.96 Å². The number of nitrogens with zero attached hydrogens (tertiary/aromatic N) is 2. The molecule has 0 bridgehead atoms. The molecule has 0 atom stereocenters. The summed E-state index contributed by atoms with van der Waals surface area (Å²) in [5.41, 5.74) is 0.965. The van der Waals surface area contributed by atoms with Crippen LogP contribution in [0.4, 0.5) is 0 Å². The van der Waals surface area contributed by atoms with E-state index in [1.807, 2.05) is 17.5 Å². The zero-order valence-corrected chi connectivity index (χ0v) is 8.54. The molecule has 0 unspecified atom stereocenters. The normalized spacial score (nSPS) is 10.9. The first kappa shape index (κ1) is 9.21. The molecule has 0 saturated heterocycles. The summed E-state index contributed by atoms with van der Waals surface area (Å²) in [4.78, 5) is 16.7. The van der Waals surface area contributed by atoms with Gasteiger partial charge in [-0.3, -0.25) is 9.20 Å². The Morgan fingerprint density at radius 1 is 1.71 bits per heavy atom. The van der Waals surface area contributed by atoms with Crippen LogP contribution < -0.4 is 0 Å². The standard InChI is InChI=1S/C9H10N2O2S/c1-6-5-11-7(2-3-8(12)13)4-10-9(11)14-6/h4-5H,2-3H2,1H3,(H,12,13). The molecule has 0 amide bonds. The predicted octanol–water partition coefficient (Wildman–Crippen LogP) is 1.72. The highest BCUT2D eigenvalue weighted by atomic mass is 32.1. The first-order chi connectivity index (χ1) is 6.66. The molecule has 14 heavy (non-hydrogen) atoms. The lowest BCUT2D eigenvalue weighted by Crippen LogP contribution is -1.99. The average molecular weight is 210 g/mol. The van der Waals surface area contributed by atoms with Gasteiger partial charge in [-0.15, -0.1) is 11.3 Å². The molecule has 0 fully saturated rings. The molecule has 0 aliphatic carbocycles. The van der Waals surface area contributed by atoms with Crippen LogP contribution in [0.15, 0.2) is 12.4 Å². The lowest BCUT2D eigenvalue weighted by Gasteiger charge is -1.94. The summed E-state index contributed by atoms with van der Waals surface area (Å²) < 4.78 is 1.96. The minimum absolute atomic E-state index is 0.155. The quantitative estimate of drug-likeness (QED) is 0.839. The second-order valence-corrected chi connectivity index (χ2v) is 4.35. The van der Waals surface area contributed by atoms with Gasteiger partial charge < -0.3 is 5.11 Å². The number of fused-ring (bicyclic) bond motifs is 1. The smallest absolute Gasteiger partial charge is 0.303 e. The zero-order valence-electron chi connectivity index (χ0n) is 7.73. The van der Waals surface area contributed by atoms with Crippen molar-refractivity contribution in [2.75, 3.05) is 0 Å². The van der Waals surface area contributed by atoms with Crippen LogP contribution in [0.1, 0.15) is 17.0 Å². The average Bonchev–Trinajstić information content (AvgIpc) is 2.60. The molecule has 0 spiro atoms. The summed E-state index contributed by atoms with van der Waals surface area (Å²) in [5, 5.41) is 8.56. The number of aromatic nitrogens is 2. The van der Waals surface area contributed by atoms with Gasteiger partial charge in [-0.1, -0.05) is 0 Å². The number of aliphatic carboxylic acids is 1. The van der Waals surface area contributed by atoms with E-state index >= 15 is 0 Å². The highest BCUT2D eigenvalue weighted by Crippen LogP contribution is 2.18. The van der Waals surface area contributed by atoms with Gasteiger partial charge in [-0.25, -0.2) is 4.98 Å². The predicted molar refractivity (Wildman–Crippen MR) is 53.8 cm³/mol. The highest BCUT2D eigenvalue weighted by molar-refractivity contribution is 7.16. The molecule has 5 heteroatoms. The molecular weight excluding hydrogens is 200 g/mol. The third kappa shape index (κ3) is 1.63. The van der Waals surface area contributed by atoms with Crippen LogP contribution in [-0.2, 0) is 11.2 Å². The van der Waals surface area contributed by atoms with E-state index in [9.17, 15) is 4.79 Å². The Bertz CT molecular complexity index is 472. The number of hydrogen-bond acceptors (Lipinski definition) is 3. The van der Waals surface area contributed by atoms with E-state index < -0.39 is 5.97 Å². The van der Waals surface area contributed by atoms with Gasteiger partial charge in [-0.05, 0) is 6.92 Å². The van der Waals surface area contributed by atoms with E-state index in [-0.39, 0.29) is 6.42 Å². The van der Waals surface area contributed by atoms with E-state index in [4.69, 9.17) is 5.11 Å². The van der Waals surface area contributed by atoms with Gasteiger partial charge in [-0.2, -0.15) is 0 Å². The summed E-state index contributed by atoms with van der Waals surface area (Å²) in [7, 11) is 0. The van der Waals surface area contributed by atoms with Crippen molar-refractivity contribution >= 4 is 22.3 Å². The van der Waals surface area contributed by atoms with E-state index in [2.05, 4.69) is 4.98 Å². The minimum atomic E-state index is -0.771. The van der Waals surface area contributed by atoms with Crippen molar-refractivity contribution in [2.45, 2.75) is 19.8 Å². The number of carboxylic acids is 1. The fraction of sp³-hybridized carbons (Fsp3) is 0.333. The summed E-state index contributed by atoms with van der Waals surface area (Å²) in [6, 6.07) is 0. The molecule has 4 nitrogen and oxygen atoms in total. The van der Waals surface area contributed by atoms with Crippen LogP contribution in [-0.4, -0.2) is 20.5 Å². The number of hydrogen-bond donors (Lipinski definition) is 1. The number of carbonyl (C=O) groups is 1. The Labute approximate surface area is 84.8 Å². The van der Waals surface area contributed by atoms with Gasteiger partial charge in [0.2, 0.25) is 0 Å². The van der Waals surface area contributed by atoms with Gasteiger partial charge in [0.1, 0.15) is 0 Å². The van der Waals surface area contributed by atoms with Crippen LogP contribution in [0.2, 0.25) is 0 Å². The van der Waals surface area contributed by atoms with Crippen molar-refractivity contribution in [2.24, 2.45) is 0 Å². The third-order valence-corrected chi connectivity index (χ3v) is 2.91. The molecule has 0 radical (unpaired) electrons. The number of rotatable bonds is 3. The Kier molecular flexibility index (Phi) is 2.25. The van der Waals surface area contributed by atoms with Crippen molar-refractivity contribution in [3.05, 3.63) is 23.0 Å². The third-order valence-electron chi connectivity index (χ3n) is 2.00. The monoisotopic (exact) mass is 210 g/mol. The van der Waals surface area contributed by atoms with E-state index in [0.29, 0.717) is 6.42 Å². The molecule has 0 aliphatic rings. The fourth-order valence-electron chi connectivity index (χ4n) is 1.36. The summed E-state index contributed by atoms with van der Waals surface area (Å²) in [5.74, 6) is -0.771. The summed E-state index contributed by atoms with van der Waals surface area (Å²) in [6.07, 6.45) is 4.42. The highest BCUT2D eigenvalue weighted by Gasteiger charge is 2.07. The Morgan fingerprint density at radius 2 is 2.50 bits per heavy atom. The van der Waals surface area contributed by atoms with Gasteiger partial charge in [0.05, 0.1) is 12.6 Å². The molecule has 74 valence electrons. The maximum atomic E-state index is 10.4. The molecule has 0 saturated carbocycles. The topological polar surface area (TPSA) is 54.6 Å². The fourth-order valence-corrected chi connectivity index (χ4v) is 2.18. The van der Waals surface area contributed by atoms with Crippen molar-refractivity contribution < 1.29 is 9.90 Å². The molecule has 0 aliphatic heterocycles. The van der Waals surface area contributed by atoms with Crippen LogP contribution in [0.25, 0.3) is 4.96 Å². The van der Waals surface area contributed by atoms with E-state index in [1.165, 1.54) is 4.88 Å². The number of aryl methyl sites for hydroxylation is 2. The molecule has 2 aromatic heterocycles. The van der Waals surface area contributed by atoms with Crippen LogP contribution in [0.3, 0.4) is 0 Å². The maximum Gasteiger partial charge on any atom is 0.303 e. The van der Waals surface area contributed by atoms with Gasteiger partial charge in [0.25, 0.3) is 0 Å². The van der Waals surface area contributed by atoms with Crippen LogP contribution in [0.5, 0.6) is 0 Å². The van der Waals surface area contributed by atoms with Crippen LogP contribution in [0, 0.1) is 6.92 Å². The maximum absolute atomic E-state index is 10.4. The Hall–Kier alpha value is -1.36. The largest absolute Gasteiger partial charge is 0.481 e. The Morgan fingerprint density at radius 3 is 3.21 bits per heavy atom. The van der Waals surface area contributed by atoms with Gasteiger partial charge in [0, 0.05) is 23.2 Å². The molecule has 0 aromatic carbocycles. The SMILES string of the molecule is Cc1cn2c(CCC(=O)O)cnc2s1. The zero-order chi connectivity index (χ0) is 10.1. The van der Waals surface area contributed by atoms with Crippen molar-refractivity contribution in [1.29, 1.82) is 0 Å². The summed E-state index contributed by atoms with van der Waals surface area (Å²) in [6.45, 7) is 2.01. The lowest BCUT2D eigenvalue weighted by atomic mass is 10.2. The van der Waals surface area contributed by atoms with E-state index in [0.717, 1.165) is 10.7 Å². The van der Waals surface area contributed by atoms with Crippen molar-refractivity contribution in [1.82, 2.24) is 9.38 Å². The second-order valence-electron chi connectivity index (χ2n) is 3.14. The Balaban J connectivity index is 2.28. The van der Waals surface area contributed by atoms with Crippen LogP contribution >= 0.6 is 11.3 Å². The first-order valence-corrected chi connectivity index (χ1v) is 5.12. The summed E-state index contributed by atoms with van der Waals surface area (Å²) >= 11 is 1.61. The van der Waals surface area contributed by atoms with Gasteiger partial charge >= 0.3 is 5.97 Å². The molecule has 2 heterocycles. The molecule has 1 N–H and O–H groups in total. The lowest BCUT2D eigenvalue weighted by molar-refractivity contribution is -0.136. The molecular formula is C9H10N2O2S.